The molecule has 0 spiro atoms. The standard InChI is InChI=1S/C16H26N6O7/c1-18-5-13(26)19-9(6-23)14(27)20-8-4-10(25)15(29-11(8)7-24)22-3-2-12(17)21-16(22)28/h2-3,8-11,15,18,23-25H,4-7H2,1H3,(H,19,26)(H,20,27)(H2,17,21,28)/t8-,9?,10+,11+,15+/m0/s1. The van der Waals surface area contributed by atoms with Crippen molar-refractivity contribution in [1.82, 2.24) is 25.5 Å². The maximum atomic E-state index is 12.4. The highest BCUT2D eigenvalue weighted by molar-refractivity contribution is 5.88. The Labute approximate surface area is 165 Å². The monoisotopic (exact) mass is 414 g/mol. The molecule has 1 aromatic rings. The number of carbonyl (C=O) groups excluding carboxylic acids is 2. The molecule has 1 aliphatic rings. The van der Waals surface area contributed by atoms with Gasteiger partial charge in [0.1, 0.15) is 24.1 Å². The number of anilines is 1. The number of likely N-dealkylation sites (N-methyl/N-ethyl adjacent to an activating group) is 1. The minimum absolute atomic E-state index is 0.00997. The lowest BCUT2D eigenvalue weighted by Gasteiger charge is -2.39. The molecule has 1 aromatic heterocycles. The number of carbonyl (C=O) groups is 2. The van der Waals surface area contributed by atoms with Gasteiger partial charge in [0.2, 0.25) is 11.8 Å². The first-order valence-corrected chi connectivity index (χ1v) is 8.95. The second-order valence-corrected chi connectivity index (χ2v) is 6.54. The number of amides is 2. The fraction of sp³-hybridized carbons (Fsp3) is 0.625. The Hall–Kier alpha value is -2.58. The van der Waals surface area contributed by atoms with Crippen molar-refractivity contribution < 1.29 is 29.6 Å². The Morgan fingerprint density at radius 1 is 1.45 bits per heavy atom. The number of hydrogen-bond donors (Lipinski definition) is 7. The summed E-state index contributed by atoms with van der Waals surface area (Å²) in [7, 11) is 1.55. The minimum Gasteiger partial charge on any atom is -0.394 e. The lowest BCUT2D eigenvalue weighted by Crippen LogP contribution is -2.59. The molecule has 0 bridgehead atoms. The molecule has 1 fully saturated rings. The predicted molar refractivity (Wildman–Crippen MR) is 99.4 cm³/mol. The fourth-order valence-electron chi connectivity index (χ4n) is 2.97. The van der Waals surface area contributed by atoms with E-state index in [0.29, 0.717) is 0 Å². The Morgan fingerprint density at radius 3 is 2.76 bits per heavy atom. The molecule has 5 atom stereocenters. The zero-order valence-electron chi connectivity index (χ0n) is 15.8. The van der Waals surface area contributed by atoms with Gasteiger partial charge in [-0.05, 0) is 13.1 Å². The number of nitrogen functional groups attached to an aromatic ring is 1. The molecule has 13 nitrogen and oxygen atoms in total. The summed E-state index contributed by atoms with van der Waals surface area (Å²) >= 11 is 0. The topological polar surface area (TPSA) is 201 Å². The summed E-state index contributed by atoms with van der Waals surface area (Å²) in [5.74, 6) is -1.19. The Morgan fingerprint density at radius 2 is 2.17 bits per heavy atom. The summed E-state index contributed by atoms with van der Waals surface area (Å²) in [5, 5.41) is 37.0. The van der Waals surface area contributed by atoms with E-state index in [1.807, 2.05) is 0 Å². The maximum Gasteiger partial charge on any atom is 0.351 e. The van der Waals surface area contributed by atoms with E-state index in [9.17, 15) is 29.7 Å². The molecule has 0 saturated carbocycles. The van der Waals surface area contributed by atoms with Gasteiger partial charge in [-0.1, -0.05) is 0 Å². The lowest BCUT2D eigenvalue weighted by molar-refractivity contribution is -0.179. The average molecular weight is 414 g/mol. The van der Waals surface area contributed by atoms with Gasteiger partial charge < -0.3 is 41.7 Å². The van der Waals surface area contributed by atoms with E-state index < -0.39 is 61.2 Å². The highest BCUT2D eigenvalue weighted by Crippen LogP contribution is 2.27. The van der Waals surface area contributed by atoms with E-state index in [1.54, 1.807) is 7.05 Å². The van der Waals surface area contributed by atoms with Crippen molar-refractivity contribution in [3.8, 4) is 0 Å². The number of hydrogen-bond acceptors (Lipinski definition) is 10. The van der Waals surface area contributed by atoms with Crippen molar-refractivity contribution in [2.45, 2.75) is 36.9 Å². The Bertz CT molecular complexity index is 772. The third-order valence-corrected chi connectivity index (χ3v) is 4.39. The van der Waals surface area contributed by atoms with Crippen molar-refractivity contribution in [3.05, 3.63) is 22.7 Å². The van der Waals surface area contributed by atoms with Crippen LogP contribution in [0.1, 0.15) is 12.6 Å². The molecule has 0 aromatic carbocycles. The average Bonchev–Trinajstić information content (AvgIpc) is 2.67. The first-order valence-electron chi connectivity index (χ1n) is 8.95. The third-order valence-electron chi connectivity index (χ3n) is 4.39. The number of aliphatic hydroxyl groups is 3. The molecule has 162 valence electrons. The van der Waals surface area contributed by atoms with Crippen LogP contribution in [0.3, 0.4) is 0 Å². The number of ether oxygens (including phenoxy) is 1. The zero-order chi connectivity index (χ0) is 21.6. The van der Waals surface area contributed by atoms with E-state index in [-0.39, 0.29) is 18.8 Å². The third kappa shape index (κ3) is 5.71. The molecule has 0 radical (unpaired) electrons. The van der Waals surface area contributed by atoms with E-state index in [2.05, 4.69) is 20.9 Å². The van der Waals surface area contributed by atoms with E-state index in [1.165, 1.54) is 12.3 Å². The molecular weight excluding hydrogens is 388 g/mol. The molecule has 2 amide bonds. The molecule has 29 heavy (non-hydrogen) atoms. The molecule has 13 heteroatoms. The van der Waals surface area contributed by atoms with Gasteiger partial charge in [0.05, 0.1) is 25.8 Å². The molecule has 1 unspecified atom stereocenters. The van der Waals surface area contributed by atoms with Crippen molar-refractivity contribution in [2.24, 2.45) is 0 Å². The molecule has 2 heterocycles. The van der Waals surface area contributed by atoms with Crippen LogP contribution in [0.2, 0.25) is 0 Å². The molecule has 1 aliphatic heterocycles. The number of nitrogens with zero attached hydrogens (tertiary/aromatic N) is 2. The van der Waals surface area contributed by atoms with Gasteiger partial charge in [-0.15, -0.1) is 0 Å². The van der Waals surface area contributed by atoms with Crippen LogP contribution in [-0.4, -0.2) is 87.8 Å². The Kier molecular flexibility index (Phi) is 8.04. The molecule has 1 saturated heterocycles. The van der Waals surface area contributed by atoms with Crippen molar-refractivity contribution in [1.29, 1.82) is 0 Å². The summed E-state index contributed by atoms with van der Waals surface area (Å²) < 4.78 is 6.65. The fourth-order valence-corrected chi connectivity index (χ4v) is 2.97. The second kappa shape index (κ2) is 10.3. The van der Waals surface area contributed by atoms with E-state index >= 15 is 0 Å². The summed E-state index contributed by atoms with van der Waals surface area (Å²) in [4.78, 5) is 39.6. The van der Waals surface area contributed by atoms with Gasteiger partial charge in [-0.25, -0.2) is 4.79 Å². The summed E-state index contributed by atoms with van der Waals surface area (Å²) in [6, 6.07) is -0.681. The lowest BCUT2D eigenvalue weighted by atomic mass is 9.98. The van der Waals surface area contributed by atoms with Crippen molar-refractivity contribution in [2.75, 3.05) is 32.5 Å². The van der Waals surface area contributed by atoms with Crippen LogP contribution in [0.5, 0.6) is 0 Å². The molecular formula is C16H26N6O7. The summed E-state index contributed by atoms with van der Waals surface area (Å²) in [5.41, 5.74) is 4.71. The summed E-state index contributed by atoms with van der Waals surface area (Å²) in [6.07, 6.45) is -2.04. The van der Waals surface area contributed by atoms with Crippen LogP contribution in [-0.2, 0) is 14.3 Å². The van der Waals surface area contributed by atoms with Gasteiger partial charge in [0.25, 0.3) is 0 Å². The van der Waals surface area contributed by atoms with E-state index in [4.69, 9.17) is 10.5 Å². The number of nitrogens with one attached hydrogen (secondary N) is 3. The second-order valence-electron chi connectivity index (χ2n) is 6.54. The highest BCUT2D eigenvalue weighted by Gasteiger charge is 2.39. The van der Waals surface area contributed by atoms with Gasteiger partial charge >= 0.3 is 5.69 Å². The number of aliphatic hydroxyl groups excluding tert-OH is 3. The van der Waals surface area contributed by atoms with Gasteiger partial charge in [0.15, 0.2) is 6.23 Å². The Balaban J connectivity index is 2.08. The zero-order valence-corrected chi connectivity index (χ0v) is 15.8. The van der Waals surface area contributed by atoms with Crippen LogP contribution in [0.25, 0.3) is 0 Å². The van der Waals surface area contributed by atoms with Crippen LogP contribution < -0.4 is 27.4 Å². The quantitative estimate of drug-likeness (QED) is 0.218. The predicted octanol–water partition coefficient (Wildman–Crippen LogP) is -4.35. The normalized spacial score (nSPS) is 25.2. The number of rotatable bonds is 8. The number of aromatic nitrogens is 2. The van der Waals surface area contributed by atoms with Crippen LogP contribution >= 0.6 is 0 Å². The van der Waals surface area contributed by atoms with Gasteiger partial charge in [0, 0.05) is 12.6 Å². The van der Waals surface area contributed by atoms with Crippen LogP contribution in [0, 0.1) is 0 Å². The van der Waals surface area contributed by atoms with Crippen LogP contribution in [0.15, 0.2) is 17.1 Å². The van der Waals surface area contributed by atoms with E-state index in [0.717, 1.165) is 4.57 Å². The first kappa shape index (κ1) is 22.7. The SMILES string of the molecule is CNCC(=O)NC(CO)C(=O)N[C@H]1C[C@@H](O)[C@H](n2ccc(N)nc2=O)O[C@@H]1CO. The van der Waals surface area contributed by atoms with Gasteiger partial charge in [-0.2, -0.15) is 4.98 Å². The molecule has 8 N–H and O–H groups in total. The van der Waals surface area contributed by atoms with Crippen molar-refractivity contribution in [3.63, 3.8) is 0 Å². The summed E-state index contributed by atoms with van der Waals surface area (Å²) in [6.45, 7) is -1.20. The van der Waals surface area contributed by atoms with Crippen LogP contribution in [0.4, 0.5) is 5.82 Å². The first-order chi connectivity index (χ1) is 13.8. The smallest absolute Gasteiger partial charge is 0.351 e. The van der Waals surface area contributed by atoms with Gasteiger partial charge in [-0.3, -0.25) is 14.2 Å². The molecule has 2 rings (SSSR count). The largest absolute Gasteiger partial charge is 0.394 e. The van der Waals surface area contributed by atoms with Crippen molar-refractivity contribution >= 4 is 17.6 Å². The highest BCUT2D eigenvalue weighted by atomic mass is 16.5. The minimum atomic E-state index is -1.21. The maximum absolute atomic E-state index is 12.4. The number of nitrogens with two attached hydrogens (primary N) is 1. The molecule has 0 aliphatic carbocycles.